The number of carbonyl (C=O) groups excluding carboxylic acids is 2. The van der Waals surface area contributed by atoms with Gasteiger partial charge in [0.1, 0.15) is 11.5 Å². The molecule has 0 saturated carbocycles. The van der Waals surface area contributed by atoms with Gasteiger partial charge in [0.15, 0.2) is 11.5 Å². The predicted octanol–water partition coefficient (Wildman–Crippen LogP) is 6.30. The quantitative estimate of drug-likeness (QED) is 0.504. The van der Waals surface area contributed by atoms with Gasteiger partial charge in [-0.1, -0.05) is 68.8 Å². The molecule has 5 heteroatoms. The Morgan fingerprint density at radius 3 is 2.18 bits per heavy atom. The van der Waals surface area contributed by atoms with Crippen molar-refractivity contribution < 1.29 is 19.4 Å². The number of Topliss-reactive ketones (excluding diaryl/α,β-unsaturated/α-hetero) is 1. The van der Waals surface area contributed by atoms with Crippen molar-refractivity contribution in [2.45, 2.75) is 33.7 Å². The molecule has 1 N–H and O–H groups in total. The second-order valence-corrected chi connectivity index (χ2v) is 9.24. The molecule has 0 saturated heterocycles. The molecule has 0 aliphatic carbocycles. The molecule has 0 spiro atoms. The van der Waals surface area contributed by atoms with E-state index in [2.05, 4.69) is 0 Å². The number of ketones is 1. The topological polar surface area (TPSA) is 66.8 Å². The number of aliphatic hydroxyl groups excluding tert-OH is 1. The summed E-state index contributed by atoms with van der Waals surface area (Å²) in [5.41, 5.74) is 1.65. The van der Waals surface area contributed by atoms with Gasteiger partial charge in [-0.3, -0.25) is 14.5 Å². The highest BCUT2D eigenvalue weighted by Crippen LogP contribution is 2.44. The number of hydrogen-bond donors (Lipinski definition) is 1. The Bertz CT molecular complexity index is 1220. The van der Waals surface area contributed by atoms with E-state index in [-0.39, 0.29) is 11.4 Å². The van der Waals surface area contributed by atoms with E-state index in [1.54, 1.807) is 26.8 Å². The molecule has 0 fully saturated rings. The van der Waals surface area contributed by atoms with Gasteiger partial charge in [-0.15, -0.1) is 0 Å². The molecule has 0 radical (unpaired) electrons. The minimum atomic E-state index is -0.775. The van der Waals surface area contributed by atoms with Crippen LogP contribution in [0.3, 0.4) is 0 Å². The number of ether oxygens (including phenoxy) is 1. The second kappa shape index (κ2) is 8.58. The average molecular weight is 442 g/mol. The lowest BCUT2D eigenvalue weighted by molar-refractivity contribution is -0.123. The van der Waals surface area contributed by atoms with E-state index in [9.17, 15) is 14.7 Å². The maximum atomic E-state index is 13.4. The number of carbonyl (C=O) groups is 2. The second-order valence-electron chi connectivity index (χ2n) is 9.24. The molecule has 1 unspecified atom stereocenters. The van der Waals surface area contributed by atoms with Gasteiger partial charge >= 0.3 is 0 Å². The molecule has 0 aromatic heterocycles. The van der Waals surface area contributed by atoms with Crippen molar-refractivity contribution in [2.75, 3.05) is 4.90 Å². The molecule has 33 heavy (non-hydrogen) atoms. The normalized spacial score (nSPS) is 16.3. The van der Waals surface area contributed by atoms with Gasteiger partial charge in [0.2, 0.25) is 0 Å². The summed E-state index contributed by atoms with van der Waals surface area (Å²) in [6.07, 6.45) is 0. The van der Waals surface area contributed by atoms with Crippen LogP contribution in [0, 0.1) is 12.3 Å². The monoisotopic (exact) mass is 441 g/mol. The number of anilines is 1. The lowest BCUT2D eigenvalue weighted by Gasteiger charge is -2.29. The molecular formula is C28H27NO4. The molecule has 5 nitrogen and oxygen atoms in total. The van der Waals surface area contributed by atoms with Crippen molar-refractivity contribution in [3.05, 3.63) is 101 Å². The molecule has 1 heterocycles. The Balaban J connectivity index is 1.83. The maximum Gasteiger partial charge on any atom is 0.294 e. The van der Waals surface area contributed by atoms with Gasteiger partial charge in [-0.2, -0.15) is 0 Å². The van der Waals surface area contributed by atoms with Crippen molar-refractivity contribution in [3.63, 3.8) is 0 Å². The third-order valence-corrected chi connectivity index (χ3v) is 5.60. The number of aryl methyl sites for hydroxylation is 1. The van der Waals surface area contributed by atoms with Crippen LogP contribution in [-0.4, -0.2) is 16.8 Å². The van der Waals surface area contributed by atoms with Crippen LogP contribution in [0.15, 0.2) is 90.2 Å². The molecule has 1 atom stereocenters. The molecule has 4 rings (SSSR count). The van der Waals surface area contributed by atoms with Crippen molar-refractivity contribution in [1.82, 2.24) is 0 Å². The standard InChI is InChI=1S/C28H27NO4/c1-18-13-15-20(16-14-18)29-24(23(25(30)27(29)32)26(31)28(2,3)4)19-9-8-12-22(17-19)33-21-10-6-5-7-11-21/h5-17,24,30H,1-4H3. The Hall–Kier alpha value is -3.86. The summed E-state index contributed by atoms with van der Waals surface area (Å²) >= 11 is 0. The number of aliphatic hydroxyl groups is 1. The third kappa shape index (κ3) is 4.40. The summed E-state index contributed by atoms with van der Waals surface area (Å²) in [7, 11) is 0. The molecule has 3 aromatic carbocycles. The van der Waals surface area contributed by atoms with E-state index >= 15 is 0 Å². The van der Waals surface area contributed by atoms with Crippen molar-refractivity contribution in [2.24, 2.45) is 5.41 Å². The number of amides is 1. The van der Waals surface area contributed by atoms with Crippen LogP contribution in [0.2, 0.25) is 0 Å². The van der Waals surface area contributed by atoms with Crippen LogP contribution in [0.4, 0.5) is 5.69 Å². The largest absolute Gasteiger partial charge is 0.503 e. The number of hydrogen-bond acceptors (Lipinski definition) is 4. The Labute approximate surface area is 193 Å². The lowest BCUT2D eigenvalue weighted by atomic mass is 9.82. The van der Waals surface area contributed by atoms with Gasteiger partial charge in [-0.05, 0) is 48.9 Å². The van der Waals surface area contributed by atoms with E-state index < -0.39 is 23.1 Å². The van der Waals surface area contributed by atoms with Gasteiger partial charge in [0, 0.05) is 11.1 Å². The smallest absolute Gasteiger partial charge is 0.294 e. The van der Waals surface area contributed by atoms with Gasteiger partial charge in [-0.25, -0.2) is 0 Å². The Morgan fingerprint density at radius 1 is 0.909 bits per heavy atom. The molecule has 1 aliphatic heterocycles. The van der Waals surface area contributed by atoms with Crippen LogP contribution in [0.25, 0.3) is 0 Å². The van der Waals surface area contributed by atoms with E-state index in [1.165, 1.54) is 4.90 Å². The van der Waals surface area contributed by atoms with E-state index in [4.69, 9.17) is 4.74 Å². The zero-order valence-electron chi connectivity index (χ0n) is 19.2. The summed E-state index contributed by atoms with van der Waals surface area (Å²) in [5.74, 6) is -0.121. The summed E-state index contributed by atoms with van der Waals surface area (Å²) < 4.78 is 5.99. The summed E-state index contributed by atoms with van der Waals surface area (Å²) in [5, 5.41) is 10.9. The Kier molecular flexibility index (Phi) is 5.81. The predicted molar refractivity (Wildman–Crippen MR) is 128 cm³/mol. The van der Waals surface area contributed by atoms with Crippen molar-refractivity contribution >= 4 is 17.4 Å². The third-order valence-electron chi connectivity index (χ3n) is 5.60. The first kappa shape index (κ1) is 22.3. The number of para-hydroxylation sites is 1. The Morgan fingerprint density at radius 2 is 1.55 bits per heavy atom. The average Bonchev–Trinajstić information content (AvgIpc) is 3.05. The molecule has 1 amide bonds. The fourth-order valence-corrected chi connectivity index (χ4v) is 3.90. The van der Waals surface area contributed by atoms with Crippen LogP contribution in [0.5, 0.6) is 11.5 Å². The minimum absolute atomic E-state index is 0.102. The molecular weight excluding hydrogens is 414 g/mol. The highest BCUT2D eigenvalue weighted by molar-refractivity contribution is 6.17. The van der Waals surface area contributed by atoms with E-state index in [0.717, 1.165) is 5.56 Å². The van der Waals surface area contributed by atoms with Crippen LogP contribution in [0.1, 0.15) is 37.9 Å². The zero-order chi connectivity index (χ0) is 23.8. The van der Waals surface area contributed by atoms with Gasteiger partial charge in [0.05, 0.1) is 11.6 Å². The number of rotatable bonds is 5. The van der Waals surface area contributed by atoms with Crippen molar-refractivity contribution in [3.8, 4) is 11.5 Å². The SMILES string of the molecule is Cc1ccc(N2C(=O)C(O)=C(C(=O)C(C)(C)C)C2c2cccc(Oc3ccccc3)c2)cc1. The maximum absolute atomic E-state index is 13.4. The number of nitrogens with zero attached hydrogens (tertiary/aromatic N) is 1. The van der Waals surface area contributed by atoms with Crippen LogP contribution in [-0.2, 0) is 9.59 Å². The van der Waals surface area contributed by atoms with E-state index in [1.807, 2.05) is 79.7 Å². The first-order valence-electron chi connectivity index (χ1n) is 10.9. The first-order valence-corrected chi connectivity index (χ1v) is 10.9. The minimum Gasteiger partial charge on any atom is -0.503 e. The summed E-state index contributed by atoms with van der Waals surface area (Å²) in [4.78, 5) is 28.1. The zero-order valence-corrected chi connectivity index (χ0v) is 19.2. The first-order chi connectivity index (χ1) is 15.7. The number of benzene rings is 3. The molecule has 0 bridgehead atoms. The molecule has 168 valence electrons. The fourth-order valence-electron chi connectivity index (χ4n) is 3.90. The summed E-state index contributed by atoms with van der Waals surface area (Å²) in [6.45, 7) is 7.30. The van der Waals surface area contributed by atoms with Gasteiger partial charge in [0.25, 0.3) is 5.91 Å². The van der Waals surface area contributed by atoms with Crippen LogP contribution >= 0.6 is 0 Å². The molecule has 1 aliphatic rings. The lowest BCUT2D eigenvalue weighted by Crippen LogP contribution is -2.32. The molecule has 3 aromatic rings. The van der Waals surface area contributed by atoms with Gasteiger partial charge < -0.3 is 9.84 Å². The van der Waals surface area contributed by atoms with E-state index in [0.29, 0.717) is 22.7 Å². The highest BCUT2D eigenvalue weighted by atomic mass is 16.5. The van der Waals surface area contributed by atoms with Crippen molar-refractivity contribution in [1.29, 1.82) is 0 Å². The highest BCUT2D eigenvalue weighted by Gasteiger charge is 2.46. The van der Waals surface area contributed by atoms with Crippen LogP contribution < -0.4 is 9.64 Å². The summed E-state index contributed by atoms with van der Waals surface area (Å²) in [6, 6.07) is 23.3. The fraction of sp³-hybridized carbons (Fsp3) is 0.214.